The van der Waals surface area contributed by atoms with Crippen LogP contribution >= 0.6 is 0 Å². The smallest absolute Gasteiger partial charge is 0.312 e. The van der Waals surface area contributed by atoms with Crippen LogP contribution in [0.1, 0.15) is 19.3 Å². The lowest BCUT2D eigenvalue weighted by atomic mass is 9.82. The summed E-state index contributed by atoms with van der Waals surface area (Å²) in [5.41, 5.74) is 16.6. The molecule has 0 aliphatic heterocycles. The summed E-state index contributed by atoms with van der Waals surface area (Å²) >= 11 is 0. The Kier molecular flexibility index (Phi) is 3.50. The standard InChI is InChI=1S/C8H18N4O/c9-6-2-1-5(7(10)3-6)4-12-8(11)13/h5-7H,1-4,9-10H2,(H3,11,12,13). The number of amides is 2. The number of primary amides is 1. The summed E-state index contributed by atoms with van der Waals surface area (Å²) in [4.78, 5) is 10.5. The molecular weight excluding hydrogens is 168 g/mol. The SMILES string of the molecule is NC(=O)NCC1CCC(N)CC1N. The molecule has 0 bridgehead atoms. The molecule has 2 amide bonds. The molecule has 1 fully saturated rings. The van der Waals surface area contributed by atoms with E-state index in [4.69, 9.17) is 17.2 Å². The maximum absolute atomic E-state index is 10.5. The van der Waals surface area contributed by atoms with Crippen molar-refractivity contribution in [2.45, 2.75) is 31.3 Å². The molecule has 0 heterocycles. The zero-order chi connectivity index (χ0) is 9.84. The fourth-order valence-corrected chi connectivity index (χ4v) is 1.79. The van der Waals surface area contributed by atoms with Crippen molar-refractivity contribution in [2.75, 3.05) is 6.54 Å². The monoisotopic (exact) mass is 186 g/mol. The van der Waals surface area contributed by atoms with Gasteiger partial charge in [0.05, 0.1) is 0 Å². The van der Waals surface area contributed by atoms with Crippen molar-refractivity contribution < 1.29 is 4.79 Å². The fourth-order valence-electron chi connectivity index (χ4n) is 1.79. The maximum Gasteiger partial charge on any atom is 0.312 e. The second-order valence-electron chi connectivity index (χ2n) is 3.74. The molecule has 1 rings (SSSR count). The number of hydrogen-bond acceptors (Lipinski definition) is 3. The lowest BCUT2D eigenvalue weighted by Gasteiger charge is -2.32. The third kappa shape index (κ3) is 3.20. The largest absolute Gasteiger partial charge is 0.352 e. The van der Waals surface area contributed by atoms with Gasteiger partial charge in [0, 0.05) is 18.6 Å². The van der Waals surface area contributed by atoms with E-state index in [1.54, 1.807) is 0 Å². The molecule has 76 valence electrons. The third-order valence-corrected chi connectivity index (χ3v) is 2.63. The van der Waals surface area contributed by atoms with Crippen LogP contribution in [-0.4, -0.2) is 24.7 Å². The van der Waals surface area contributed by atoms with Gasteiger partial charge in [-0.3, -0.25) is 0 Å². The zero-order valence-electron chi connectivity index (χ0n) is 7.70. The van der Waals surface area contributed by atoms with Gasteiger partial charge in [0.25, 0.3) is 0 Å². The van der Waals surface area contributed by atoms with Gasteiger partial charge in [-0.1, -0.05) is 0 Å². The molecule has 5 heteroatoms. The summed E-state index contributed by atoms with van der Waals surface area (Å²) in [5.74, 6) is 0.326. The van der Waals surface area contributed by atoms with E-state index in [1.807, 2.05) is 0 Å². The Bertz CT molecular complexity index is 185. The van der Waals surface area contributed by atoms with E-state index in [0.717, 1.165) is 19.3 Å². The Balaban J connectivity index is 2.29. The number of carbonyl (C=O) groups excluding carboxylic acids is 1. The van der Waals surface area contributed by atoms with E-state index in [0.29, 0.717) is 12.5 Å². The van der Waals surface area contributed by atoms with Crippen LogP contribution in [0.5, 0.6) is 0 Å². The van der Waals surface area contributed by atoms with Crippen LogP contribution < -0.4 is 22.5 Å². The molecule has 3 atom stereocenters. The number of rotatable bonds is 2. The van der Waals surface area contributed by atoms with Gasteiger partial charge in [-0.2, -0.15) is 0 Å². The number of urea groups is 1. The first-order chi connectivity index (χ1) is 6.09. The second kappa shape index (κ2) is 4.43. The van der Waals surface area contributed by atoms with Gasteiger partial charge in [-0.05, 0) is 25.2 Å². The number of hydrogen-bond donors (Lipinski definition) is 4. The molecule has 0 saturated heterocycles. The highest BCUT2D eigenvalue weighted by atomic mass is 16.2. The molecule has 1 aliphatic carbocycles. The van der Waals surface area contributed by atoms with Gasteiger partial charge in [0.1, 0.15) is 0 Å². The Hall–Kier alpha value is -0.810. The maximum atomic E-state index is 10.5. The van der Waals surface area contributed by atoms with Crippen LogP contribution in [0.3, 0.4) is 0 Å². The Morgan fingerprint density at radius 1 is 1.38 bits per heavy atom. The highest BCUT2D eigenvalue weighted by Crippen LogP contribution is 2.21. The van der Waals surface area contributed by atoms with Gasteiger partial charge in [0.2, 0.25) is 0 Å². The van der Waals surface area contributed by atoms with Crippen LogP contribution in [0.2, 0.25) is 0 Å². The van der Waals surface area contributed by atoms with Crippen LogP contribution in [0.4, 0.5) is 4.79 Å². The van der Waals surface area contributed by atoms with E-state index < -0.39 is 6.03 Å². The number of nitrogens with two attached hydrogens (primary N) is 3. The van der Waals surface area contributed by atoms with E-state index in [1.165, 1.54) is 0 Å². The van der Waals surface area contributed by atoms with Crippen molar-refractivity contribution in [2.24, 2.45) is 23.1 Å². The molecule has 0 spiro atoms. The van der Waals surface area contributed by atoms with Gasteiger partial charge in [-0.15, -0.1) is 0 Å². The van der Waals surface area contributed by atoms with Crippen LogP contribution in [0.15, 0.2) is 0 Å². The van der Waals surface area contributed by atoms with Gasteiger partial charge in [0.15, 0.2) is 0 Å². The van der Waals surface area contributed by atoms with Gasteiger partial charge in [-0.25, -0.2) is 4.79 Å². The van der Waals surface area contributed by atoms with E-state index in [9.17, 15) is 4.79 Å². The van der Waals surface area contributed by atoms with Crippen molar-refractivity contribution in [3.63, 3.8) is 0 Å². The summed E-state index contributed by atoms with van der Waals surface area (Å²) in [7, 11) is 0. The lowest BCUT2D eigenvalue weighted by Crippen LogP contribution is -2.47. The van der Waals surface area contributed by atoms with E-state index in [2.05, 4.69) is 5.32 Å². The normalized spacial score (nSPS) is 34.2. The zero-order valence-corrected chi connectivity index (χ0v) is 7.70. The Labute approximate surface area is 78.0 Å². The highest BCUT2D eigenvalue weighted by molar-refractivity contribution is 5.71. The van der Waals surface area contributed by atoms with Crippen molar-refractivity contribution >= 4 is 6.03 Å². The minimum atomic E-state index is -0.484. The van der Waals surface area contributed by atoms with Gasteiger partial charge < -0.3 is 22.5 Å². The summed E-state index contributed by atoms with van der Waals surface area (Å²) in [6.07, 6.45) is 2.80. The molecular formula is C8H18N4O. The first-order valence-electron chi connectivity index (χ1n) is 4.64. The number of carbonyl (C=O) groups is 1. The predicted octanol–water partition coefficient (Wildman–Crippen LogP) is -0.891. The average Bonchev–Trinajstić information content (AvgIpc) is 2.02. The second-order valence-corrected chi connectivity index (χ2v) is 3.74. The van der Waals surface area contributed by atoms with Crippen molar-refractivity contribution in [1.82, 2.24) is 5.32 Å². The van der Waals surface area contributed by atoms with Crippen molar-refractivity contribution in [3.05, 3.63) is 0 Å². The molecule has 3 unspecified atom stereocenters. The molecule has 0 aromatic carbocycles. The first-order valence-corrected chi connectivity index (χ1v) is 4.64. The minimum Gasteiger partial charge on any atom is -0.352 e. The summed E-state index contributed by atoms with van der Waals surface area (Å²) in [6, 6.07) is -0.169. The Morgan fingerprint density at radius 3 is 2.62 bits per heavy atom. The van der Waals surface area contributed by atoms with Crippen molar-refractivity contribution in [3.8, 4) is 0 Å². The molecule has 0 radical (unpaired) electrons. The highest BCUT2D eigenvalue weighted by Gasteiger charge is 2.25. The average molecular weight is 186 g/mol. The Morgan fingerprint density at radius 2 is 2.08 bits per heavy atom. The van der Waals surface area contributed by atoms with Crippen molar-refractivity contribution in [1.29, 1.82) is 0 Å². The molecule has 7 N–H and O–H groups in total. The molecule has 0 aromatic rings. The third-order valence-electron chi connectivity index (χ3n) is 2.63. The quantitative estimate of drug-likeness (QED) is 0.449. The molecule has 0 aromatic heterocycles. The summed E-state index contributed by atoms with van der Waals surface area (Å²) < 4.78 is 0. The number of nitrogens with one attached hydrogen (secondary N) is 1. The minimum absolute atomic E-state index is 0.0931. The first kappa shape index (κ1) is 10.3. The summed E-state index contributed by atoms with van der Waals surface area (Å²) in [5, 5.41) is 2.58. The predicted molar refractivity (Wildman–Crippen MR) is 50.9 cm³/mol. The molecule has 5 nitrogen and oxygen atoms in total. The molecule has 1 saturated carbocycles. The summed E-state index contributed by atoms with van der Waals surface area (Å²) in [6.45, 7) is 0.573. The van der Waals surface area contributed by atoms with Crippen LogP contribution in [-0.2, 0) is 0 Å². The van der Waals surface area contributed by atoms with Gasteiger partial charge >= 0.3 is 6.03 Å². The lowest BCUT2D eigenvalue weighted by molar-refractivity contribution is 0.238. The van der Waals surface area contributed by atoms with Crippen LogP contribution in [0.25, 0.3) is 0 Å². The topological polar surface area (TPSA) is 107 Å². The van der Waals surface area contributed by atoms with E-state index >= 15 is 0 Å². The fraction of sp³-hybridized carbons (Fsp3) is 0.875. The van der Waals surface area contributed by atoms with Crippen LogP contribution in [0, 0.1) is 5.92 Å². The molecule has 13 heavy (non-hydrogen) atoms. The van der Waals surface area contributed by atoms with E-state index in [-0.39, 0.29) is 12.1 Å². The molecule has 1 aliphatic rings.